The van der Waals surface area contributed by atoms with Gasteiger partial charge in [-0.1, -0.05) is 13.8 Å². The van der Waals surface area contributed by atoms with E-state index < -0.39 is 0 Å². The van der Waals surface area contributed by atoms with Gasteiger partial charge in [-0.05, 0) is 58.6 Å². The summed E-state index contributed by atoms with van der Waals surface area (Å²) < 4.78 is 5.91. The molecule has 0 spiro atoms. The number of piperidine rings is 1. The molecule has 0 aliphatic carbocycles. The molecule has 0 atom stereocenters. The summed E-state index contributed by atoms with van der Waals surface area (Å²) in [6, 6.07) is 2.23. The maximum atomic E-state index is 5.91. The van der Waals surface area contributed by atoms with Crippen LogP contribution in [0.5, 0.6) is 0 Å². The molecule has 1 saturated heterocycles. The summed E-state index contributed by atoms with van der Waals surface area (Å²) in [5.74, 6) is 2.12. The molecule has 0 saturated carbocycles. The zero-order valence-electron chi connectivity index (χ0n) is 14.7. The molecular weight excluding hydrogens is 260 g/mol. The molecule has 0 aromatic carbocycles. The van der Waals surface area contributed by atoms with Gasteiger partial charge in [0, 0.05) is 24.2 Å². The molecule has 1 aromatic rings. The standard InChI is InChI=1S/C18H32N2O/c1-14-15(10-16(21-14)11-19-17(2,3)4)12-20-9-7-8-18(5,6)13-20/h10,19H,7-9,11-13H2,1-6H3. The highest BCUT2D eigenvalue weighted by atomic mass is 16.3. The molecule has 0 radical (unpaired) electrons. The number of furan rings is 1. The van der Waals surface area contributed by atoms with E-state index in [0.717, 1.165) is 24.6 Å². The lowest BCUT2D eigenvalue weighted by atomic mass is 9.84. The molecule has 2 heterocycles. The van der Waals surface area contributed by atoms with E-state index in [2.05, 4.69) is 57.8 Å². The molecule has 1 N–H and O–H groups in total. The van der Waals surface area contributed by atoms with Gasteiger partial charge < -0.3 is 9.73 Å². The summed E-state index contributed by atoms with van der Waals surface area (Å²) in [5.41, 5.74) is 1.92. The second-order valence-electron chi connectivity index (χ2n) is 8.38. The van der Waals surface area contributed by atoms with Gasteiger partial charge in [-0.3, -0.25) is 4.90 Å². The first-order valence-electron chi connectivity index (χ1n) is 8.20. The largest absolute Gasteiger partial charge is 0.465 e. The number of nitrogens with zero attached hydrogens (tertiary/aromatic N) is 1. The molecule has 0 amide bonds. The molecule has 21 heavy (non-hydrogen) atoms. The molecule has 1 aromatic heterocycles. The van der Waals surface area contributed by atoms with Crippen molar-refractivity contribution >= 4 is 0 Å². The van der Waals surface area contributed by atoms with E-state index in [1.165, 1.54) is 31.5 Å². The topological polar surface area (TPSA) is 28.4 Å². The lowest BCUT2D eigenvalue weighted by Crippen LogP contribution is -2.39. The van der Waals surface area contributed by atoms with Crippen molar-refractivity contribution < 1.29 is 4.42 Å². The minimum Gasteiger partial charge on any atom is -0.465 e. The SMILES string of the molecule is Cc1oc(CNC(C)(C)C)cc1CN1CCCC(C)(C)C1. The van der Waals surface area contributed by atoms with Gasteiger partial charge in [-0.25, -0.2) is 0 Å². The highest BCUT2D eigenvalue weighted by Gasteiger charge is 2.26. The van der Waals surface area contributed by atoms with Gasteiger partial charge in [0.05, 0.1) is 6.54 Å². The Morgan fingerprint density at radius 3 is 2.67 bits per heavy atom. The van der Waals surface area contributed by atoms with Gasteiger partial charge in [0.25, 0.3) is 0 Å². The molecule has 0 bridgehead atoms. The number of likely N-dealkylation sites (tertiary alicyclic amines) is 1. The fourth-order valence-electron chi connectivity index (χ4n) is 3.10. The van der Waals surface area contributed by atoms with E-state index >= 15 is 0 Å². The molecule has 1 aliphatic heterocycles. The Morgan fingerprint density at radius 2 is 2.05 bits per heavy atom. The number of nitrogens with one attached hydrogen (secondary N) is 1. The zero-order valence-corrected chi connectivity index (χ0v) is 14.7. The van der Waals surface area contributed by atoms with Crippen molar-refractivity contribution in [3.8, 4) is 0 Å². The molecule has 1 fully saturated rings. The lowest BCUT2D eigenvalue weighted by molar-refractivity contribution is 0.111. The Kier molecular flexibility index (Phi) is 4.84. The van der Waals surface area contributed by atoms with Crippen molar-refractivity contribution in [1.29, 1.82) is 0 Å². The third kappa shape index (κ3) is 5.15. The highest BCUT2D eigenvalue weighted by molar-refractivity contribution is 5.21. The third-order valence-electron chi connectivity index (χ3n) is 4.24. The van der Waals surface area contributed by atoms with Crippen LogP contribution in [0.2, 0.25) is 0 Å². The third-order valence-corrected chi connectivity index (χ3v) is 4.24. The summed E-state index contributed by atoms with van der Waals surface area (Å²) in [6.07, 6.45) is 2.65. The predicted molar refractivity (Wildman–Crippen MR) is 88.3 cm³/mol. The summed E-state index contributed by atoms with van der Waals surface area (Å²) in [7, 11) is 0. The average Bonchev–Trinajstić information content (AvgIpc) is 2.66. The van der Waals surface area contributed by atoms with Crippen molar-refractivity contribution in [2.45, 2.75) is 73.0 Å². The van der Waals surface area contributed by atoms with Crippen molar-refractivity contribution in [3.05, 3.63) is 23.2 Å². The highest BCUT2D eigenvalue weighted by Crippen LogP contribution is 2.30. The molecule has 3 nitrogen and oxygen atoms in total. The zero-order chi connectivity index (χ0) is 15.7. The van der Waals surface area contributed by atoms with Gasteiger partial charge in [-0.2, -0.15) is 0 Å². The fourth-order valence-corrected chi connectivity index (χ4v) is 3.10. The molecule has 0 unspecified atom stereocenters. The predicted octanol–water partition coefficient (Wildman–Crippen LogP) is 4.10. The van der Waals surface area contributed by atoms with Crippen LogP contribution in [0.1, 0.15) is 64.5 Å². The van der Waals surface area contributed by atoms with Crippen molar-refractivity contribution in [1.82, 2.24) is 10.2 Å². The number of rotatable bonds is 4. The second-order valence-corrected chi connectivity index (χ2v) is 8.38. The van der Waals surface area contributed by atoms with Crippen LogP contribution in [0.4, 0.5) is 0 Å². The smallest absolute Gasteiger partial charge is 0.118 e. The minimum absolute atomic E-state index is 0.123. The Bertz CT molecular complexity index is 468. The van der Waals surface area contributed by atoms with Gasteiger partial charge >= 0.3 is 0 Å². The number of hydrogen-bond acceptors (Lipinski definition) is 3. The first-order chi connectivity index (χ1) is 9.65. The van der Waals surface area contributed by atoms with Crippen molar-refractivity contribution in [3.63, 3.8) is 0 Å². The summed E-state index contributed by atoms with van der Waals surface area (Å²) >= 11 is 0. The van der Waals surface area contributed by atoms with Crippen molar-refractivity contribution in [2.75, 3.05) is 13.1 Å². The fraction of sp³-hybridized carbons (Fsp3) is 0.778. The van der Waals surface area contributed by atoms with Gasteiger partial charge in [0.1, 0.15) is 11.5 Å². The van der Waals surface area contributed by atoms with Crippen molar-refractivity contribution in [2.24, 2.45) is 5.41 Å². The molecule has 120 valence electrons. The van der Waals surface area contributed by atoms with Crippen LogP contribution in [0, 0.1) is 12.3 Å². The van der Waals surface area contributed by atoms with E-state index in [1.54, 1.807) is 0 Å². The Labute approximate surface area is 130 Å². The summed E-state index contributed by atoms with van der Waals surface area (Å²) in [6.45, 7) is 17.6. The van der Waals surface area contributed by atoms with Crippen LogP contribution < -0.4 is 5.32 Å². The number of aryl methyl sites for hydroxylation is 1. The molecule has 1 aliphatic rings. The van der Waals surface area contributed by atoms with Crippen LogP contribution in [-0.2, 0) is 13.1 Å². The van der Waals surface area contributed by atoms with Crippen LogP contribution in [0.15, 0.2) is 10.5 Å². The Hall–Kier alpha value is -0.800. The second kappa shape index (κ2) is 6.13. The summed E-state index contributed by atoms with van der Waals surface area (Å²) in [4.78, 5) is 2.57. The molecule has 3 heteroatoms. The average molecular weight is 292 g/mol. The summed E-state index contributed by atoms with van der Waals surface area (Å²) in [5, 5.41) is 3.49. The van der Waals surface area contributed by atoms with Gasteiger partial charge in [0.2, 0.25) is 0 Å². The maximum absolute atomic E-state index is 5.91. The first kappa shape index (κ1) is 16.6. The van der Waals surface area contributed by atoms with Crippen LogP contribution >= 0.6 is 0 Å². The van der Waals surface area contributed by atoms with E-state index in [-0.39, 0.29) is 5.54 Å². The monoisotopic (exact) mass is 292 g/mol. The van der Waals surface area contributed by atoms with Crippen LogP contribution in [0.25, 0.3) is 0 Å². The lowest BCUT2D eigenvalue weighted by Gasteiger charge is -2.37. The normalized spacial score (nSPS) is 19.9. The van der Waals surface area contributed by atoms with Gasteiger partial charge in [-0.15, -0.1) is 0 Å². The van der Waals surface area contributed by atoms with E-state index in [0.29, 0.717) is 5.41 Å². The maximum Gasteiger partial charge on any atom is 0.118 e. The van der Waals surface area contributed by atoms with E-state index in [4.69, 9.17) is 4.42 Å². The Balaban J connectivity index is 1.96. The number of hydrogen-bond donors (Lipinski definition) is 1. The van der Waals surface area contributed by atoms with Crippen LogP contribution in [0.3, 0.4) is 0 Å². The Morgan fingerprint density at radius 1 is 1.33 bits per heavy atom. The van der Waals surface area contributed by atoms with Gasteiger partial charge in [0.15, 0.2) is 0 Å². The minimum atomic E-state index is 0.123. The van der Waals surface area contributed by atoms with Crippen LogP contribution in [-0.4, -0.2) is 23.5 Å². The molecule has 2 rings (SSSR count). The van der Waals surface area contributed by atoms with E-state index in [1.807, 2.05) is 0 Å². The first-order valence-corrected chi connectivity index (χ1v) is 8.20. The molecular formula is C18H32N2O. The quantitative estimate of drug-likeness (QED) is 0.905. The van der Waals surface area contributed by atoms with E-state index in [9.17, 15) is 0 Å².